The van der Waals surface area contributed by atoms with Crippen molar-refractivity contribution >= 4 is 29.1 Å². The van der Waals surface area contributed by atoms with Crippen molar-refractivity contribution in [1.82, 2.24) is 10.1 Å². The monoisotopic (exact) mass is 325 g/mol. The van der Waals surface area contributed by atoms with Crippen LogP contribution in [0.25, 0.3) is 0 Å². The number of halogens is 1. The summed E-state index contributed by atoms with van der Waals surface area (Å²) in [6.07, 6.45) is 0. The highest BCUT2D eigenvalue weighted by molar-refractivity contribution is 7.98. The van der Waals surface area contributed by atoms with Gasteiger partial charge in [-0.1, -0.05) is 37.5 Å². The third-order valence-electron chi connectivity index (χ3n) is 3.06. The van der Waals surface area contributed by atoms with E-state index < -0.39 is 0 Å². The van der Waals surface area contributed by atoms with E-state index in [0.29, 0.717) is 22.5 Å². The average molecular weight is 326 g/mol. The van der Waals surface area contributed by atoms with Crippen molar-refractivity contribution in [2.45, 2.75) is 38.7 Å². The van der Waals surface area contributed by atoms with Crippen LogP contribution in [0.15, 0.2) is 22.7 Å². The summed E-state index contributed by atoms with van der Waals surface area (Å²) >= 11 is 7.86. The quantitative estimate of drug-likeness (QED) is 0.830. The highest BCUT2D eigenvalue weighted by Gasteiger charge is 2.29. The third kappa shape index (κ3) is 4.14. The average Bonchev–Trinajstić information content (AvgIpc) is 2.78. The SMILES string of the molecule is Cc1noc(CSC(c2cc(Cl)ccc2N)C(C)(C)C)n1. The first-order chi connectivity index (χ1) is 9.77. The number of benzene rings is 1. The first-order valence-corrected chi connectivity index (χ1v) is 8.16. The number of nitrogens with zero attached hydrogens (tertiary/aromatic N) is 2. The Labute approximate surface area is 134 Å². The lowest BCUT2D eigenvalue weighted by molar-refractivity contribution is 0.383. The van der Waals surface area contributed by atoms with Gasteiger partial charge >= 0.3 is 0 Å². The molecule has 1 unspecified atom stereocenters. The Morgan fingerprint density at radius 1 is 1.38 bits per heavy atom. The fourth-order valence-electron chi connectivity index (χ4n) is 2.13. The molecule has 1 atom stereocenters. The lowest BCUT2D eigenvalue weighted by Gasteiger charge is -2.31. The van der Waals surface area contributed by atoms with Gasteiger partial charge in [0.25, 0.3) is 0 Å². The van der Waals surface area contributed by atoms with Crippen LogP contribution in [0.5, 0.6) is 0 Å². The van der Waals surface area contributed by atoms with Gasteiger partial charge in [0.1, 0.15) is 0 Å². The van der Waals surface area contributed by atoms with Gasteiger partial charge < -0.3 is 10.3 Å². The summed E-state index contributed by atoms with van der Waals surface area (Å²) in [6, 6.07) is 5.61. The molecule has 1 heterocycles. The number of anilines is 1. The second kappa shape index (κ2) is 6.28. The molecule has 4 nitrogen and oxygen atoms in total. The topological polar surface area (TPSA) is 64.9 Å². The maximum Gasteiger partial charge on any atom is 0.236 e. The van der Waals surface area contributed by atoms with Gasteiger partial charge in [-0.05, 0) is 36.1 Å². The van der Waals surface area contributed by atoms with Gasteiger partial charge in [-0.25, -0.2) is 0 Å². The minimum Gasteiger partial charge on any atom is -0.398 e. The number of aryl methyl sites for hydroxylation is 1. The van der Waals surface area contributed by atoms with Gasteiger partial charge in [0, 0.05) is 16.0 Å². The molecule has 0 saturated heterocycles. The zero-order valence-corrected chi connectivity index (χ0v) is 14.3. The molecule has 2 N–H and O–H groups in total. The maximum absolute atomic E-state index is 6.14. The molecule has 0 saturated carbocycles. The van der Waals surface area contributed by atoms with E-state index in [9.17, 15) is 0 Å². The fraction of sp³-hybridized carbons (Fsp3) is 0.467. The van der Waals surface area contributed by atoms with E-state index in [0.717, 1.165) is 11.3 Å². The van der Waals surface area contributed by atoms with Crippen molar-refractivity contribution < 1.29 is 4.52 Å². The molecule has 1 aromatic carbocycles. The van der Waals surface area contributed by atoms with Gasteiger partial charge in [0.15, 0.2) is 5.82 Å². The Morgan fingerprint density at radius 3 is 2.67 bits per heavy atom. The zero-order chi connectivity index (χ0) is 15.6. The summed E-state index contributed by atoms with van der Waals surface area (Å²) < 4.78 is 5.18. The smallest absolute Gasteiger partial charge is 0.236 e. The first-order valence-electron chi connectivity index (χ1n) is 6.73. The molecule has 2 aromatic rings. The lowest BCUT2D eigenvalue weighted by Crippen LogP contribution is -2.17. The van der Waals surface area contributed by atoms with E-state index in [-0.39, 0.29) is 10.7 Å². The van der Waals surface area contributed by atoms with E-state index in [1.807, 2.05) is 25.1 Å². The van der Waals surface area contributed by atoms with Crippen LogP contribution in [0.1, 0.15) is 43.3 Å². The van der Waals surface area contributed by atoms with Crippen LogP contribution in [0, 0.1) is 12.3 Å². The van der Waals surface area contributed by atoms with Crippen molar-refractivity contribution in [2.75, 3.05) is 5.73 Å². The molecular formula is C15H20ClN3OS. The van der Waals surface area contributed by atoms with E-state index in [1.165, 1.54) is 0 Å². The summed E-state index contributed by atoms with van der Waals surface area (Å²) in [4.78, 5) is 4.24. The predicted octanol–water partition coefficient (Wildman–Crippen LogP) is 4.63. The van der Waals surface area contributed by atoms with Crippen molar-refractivity contribution in [1.29, 1.82) is 0 Å². The Balaban J connectivity index is 2.24. The number of aromatic nitrogens is 2. The van der Waals surface area contributed by atoms with Crippen molar-refractivity contribution in [3.63, 3.8) is 0 Å². The highest BCUT2D eigenvalue weighted by atomic mass is 35.5. The second-order valence-electron chi connectivity index (χ2n) is 6.07. The molecular weight excluding hydrogens is 306 g/mol. The number of hydrogen-bond donors (Lipinski definition) is 1. The Morgan fingerprint density at radius 2 is 2.10 bits per heavy atom. The molecule has 0 radical (unpaired) electrons. The minimum atomic E-state index is 0.0263. The van der Waals surface area contributed by atoms with Crippen LogP contribution in [0.4, 0.5) is 5.69 Å². The Bertz CT molecular complexity index is 622. The van der Waals surface area contributed by atoms with E-state index in [4.69, 9.17) is 21.9 Å². The molecule has 0 aliphatic rings. The molecule has 0 fully saturated rings. The molecule has 0 spiro atoms. The van der Waals surface area contributed by atoms with E-state index >= 15 is 0 Å². The van der Waals surface area contributed by atoms with Gasteiger partial charge in [0.05, 0.1) is 5.75 Å². The summed E-state index contributed by atoms with van der Waals surface area (Å²) in [7, 11) is 0. The molecule has 6 heteroatoms. The van der Waals surface area contributed by atoms with Crippen molar-refractivity contribution in [3.8, 4) is 0 Å². The van der Waals surface area contributed by atoms with Crippen molar-refractivity contribution in [2.24, 2.45) is 5.41 Å². The molecule has 114 valence electrons. The first kappa shape index (κ1) is 16.2. The molecule has 1 aromatic heterocycles. The van der Waals surface area contributed by atoms with Crippen LogP contribution in [-0.2, 0) is 5.75 Å². The summed E-state index contributed by atoms with van der Waals surface area (Å²) in [5.74, 6) is 1.93. The fourth-order valence-corrected chi connectivity index (χ4v) is 3.62. The normalized spacial score (nSPS) is 13.4. The third-order valence-corrected chi connectivity index (χ3v) is 5.00. The lowest BCUT2D eigenvalue weighted by atomic mass is 9.87. The second-order valence-corrected chi connectivity index (χ2v) is 7.60. The number of nitrogen functional groups attached to an aromatic ring is 1. The number of rotatable bonds is 4. The van der Waals surface area contributed by atoms with E-state index in [1.54, 1.807) is 11.8 Å². The minimum absolute atomic E-state index is 0.0263. The van der Waals surface area contributed by atoms with E-state index in [2.05, 4.69) is 30.9 Å². The maximum atomic E-state index is 6.14. The van der Waals surface area contributed by atoms with Gasteiger partial charge in [-0.2, -0.15) is 4.98 Å². The molecule has 0 aliphatic carbocycles. The standard InChI is InChI=1S/C15H20ClN3OS/c1-9-18-13(20-19-9)8-21-14(15(2,3)4)11-7-10(16)5-6-12(11)17/h5-7,14H,8,17H2,1-4H3. The van der Waals surface area contributed by atoms with Crippen LogP contribution in [0.3, 0.4) is 0 Å². The van der Waals surface area contributed by atoms with Crippen LogP contribution in [-0.4, -0.2) is 10.1 Å². The molecule has 0 aliphatic heterocycles. The summed E-state index contributed by atoms with van der Waals surface area (Å²) in [6.45, 7) is 8.37. The molecule has 0 amide bonds. The van der Waals surface area contributed by atoms with Gasteiger partial charge in [-0.3, -0.25) is 0 Å². The molecule has 2 rings (SSSR count). The van der Waals surface area contributed by atoms with Gasteiger partial charge in [-0.15, -0.1) is 11.8 Å². The largest absolute Gasteiger partial charge is 0.398 e. The van der Waals surface area contributed by atoms with Crippen molar-refractivity contribution in [3.05, 3.63) is 40.5 Å². The van der Waals surface area contributed by atoms with Crippen LogP contribution < -0.4 is 5.73 Å². The van der Waals surface area contributed by atoms with Crippen LogP contribution in [0.2, 0.25) is 5.02 Å². The predicted molar refractivity (Wildman–Crippen MR) is 88.4 cm³/mol. The Kier molecular flexibility index (Phi) is 4.84. The number of hydrogen-bond acceptors (Lipinski definition) is 5. The molecule has 21 heavy (non-hydrogen) atoms. The summed E-state index contributed by atoms with van der Waals surface area (Å²) in [5, 5.41) is 4.70. The molecule has 0 bridgehead atoms. The van der Waals surface area contributed by atoms with Crippen LogP contribution >= 0.6 is 23.4 Å². The Hall–Kier alpha value is -1.20. The summed E-state index contributed by atoms with van der Waals surface area (Å²) in [5.41, 5.74) is 7.97. The zero-order valence-electron chi connectivity index (χ0n) is 12.7. The number of nitrogens with two attached hydrogens (primary N) is 1. The number of thioether (sulfide) groups is 1. The van der Waals surface area contributed by atoms with Gasteiger partial charge in [0.2, 0.25) is 5.89 Å². The highest BCUT2D eigenvalue weighted by Crippen LogP contribution is 2.47.